The summed E-state index contributed by atoms with van der Waals surface area (Å²) in [4.78, 5) is 13.5. The second kappa shape index (κ2) is 8.35. The molecule has 0 saturated heterocycles. The first-order valence-corrected chi connectivity index (χ1v) is 9.44. The number of quaternary nitrogens is 1. The molecular weight excluding hydrogens is 352 g/mol. The number of hydrogen-bond acceptors (Lipinski definition) is 4. The standard InChI is InChI=1S/C22H26N4O2/c1-14-8-6-10-18(12-14)22-25-24-21(28-22)17(4)26(5)13-20(27)23-19-11-7-9-15(2)16(19)3/h6-12,17H,13H2,1-5H3,(H,23,27)/p+1/t17-/m1/s1. The molecular formula is C22H27N4O2+. The first-order chi connectivity index (χ1) is 13.3. The summed E-state index contributed by atoms with van der Waals surface area (Å²) in [6.45, 7) is 8.35. The van der Waals surface area contributed by atoms with Crippen molar-refractivity contribution >= 4 is 11.6 Å². The number of nitrogens with one attached hydrogen (secondary N) is 2. The highest BCUT2D eigenvalue weighted by molar-refractivity contribution is 5.92. The van der Waals surface area contributed by atoms with Gasteiger partial charge in [0, 0.05) is 11.3 Å². The number of aromatic nitrogens is 2. The lowest BCUT2D eigenvalue weighted by molar-refractivity contribution is -0.903. The molecule has 28 heavy (non-hydrogen) atoms. The molecule has 1 heterocycles. The van der Waals surface area contributed by atoms with Gasteiger partial charge in [-0.1, -0.05) is 29.8 Å². The number of rotatable bonds is 6. The van der Waals surface area contributed by atoms with E-state index in [0.717, 1.165) is 32.8 Å². The Hall–Kier alpha value is -2.99. The quantitative estimate of drug-likeness (QED) is 0.691. The Labute approximate surface area is 165 Å². The summed E-state index contributed by atoms with van der Waals surface area (Å²) in [5, 5.41) is 11.4. The molecule has 0 saturated carbocycles. The van der Waals surface area contributed by atoms with Crippen molar-refractivity contribution in [2.24, 2.45) is 0 Å². The summed E-state index contributed by atoms with van der Waals surface area (Å²) in [5.41, 5.74) is 5.13. The number of hydrogen-bond donors (Lipinski definition) is 2. The van der Waals surface area contributed by atoms with Crippen LogP contribution in [0.1, 0.15) is 35.5 Å². The van der Waals surface area contributed by atoms with E-state index in [1.165, 1.54) is 0 Å². The molecule has 146 valence electrons. The molecule has 0 aliphatic heterocycles. The van der Waals surface area contributed by atoms with Crippen molar-refractivity contribution in [3.05, 3.63) is 65.0 Å². The van der Waals surface area contributed by atoms with E-state index in [1.807, 2.05) is 77.2 Å². The monoisotopic (exact) mass is 379 g/mol. The molecule has 3 aromatic rings. The highest BCUT2D eigenvalue weighted by Gasteiger charge is 2.24. The van der Waals surface area contributed by atoms with Crippen molar-refractivity contribution in [2.45, 2.75) is 33.7 Å². The second-order valence-electron chi connectivity index (χ2n) is 7.36. The zero-order valence-electron chi connectivity index (χ0n) is 17.0. The number of carbonyl (C=O) groups excluding carboxylic acids is 1. The maximum absolute atomic E-state index is 12.5. The summed E-state index contributed by atoms with van der Waals surface area (Å²) in [6, 6.07) is 13.7. The average Bonchev–Trinajstić information content (AvgIpc) is 3.15. The largest absolute Gasteiger partial charge is 0.415 e. The van der Waals surface area contributed by atoms with Crippen LogP contribution < -0.4 is 10.2 Å². The van der Waals surface area contributed by atoms with Gasteiger partial charge in [0.15, 0.2) is 12.6 Å². The van der Waals surface area contributed by atoms with E-state index in [2.05, 4.69) is 15.5 Å². The predicted molar refractivity (Wildman–Crippen MR) is 109 cm³/mol. The van der Waals surface area contributed by atoms with Gasteiger partial charge in [-0.15, -0.1) is 10.2 Å². The molecule has 0 radical (unpaired) electrons. The average molecular weight is 379 g/mol. The van der Waals surface area contributed by atoms with Crippen LogP contribution in [0.15, 0.2) is 46.9 Å². The van der Waals surface area contributed by atoms with Gasteiger partial charge >= 0.3 is 0 Å². The van der Waals surface area contributed by atoms with Gasteiger partial charge in [-0.25, -0.2) is 0 Å². The third-order valence-electron chi connectivity index (χ3n) is 5.13. The molecule has 1 aromatic heterocycles. The van der Waals surface area contributed by atoms with E-state index in [4.69, 9.17) is 4.42 Å². The van der Waals surface area contributed by atoms with E-state index >= 15 is 0 Å². The Kier molecular flexibility index (Phi) is 5.90. The van der Waals surface area contributed by atoms with E-state index in [0.29, 0.717) is 18.3 Å². The maximum atomic E-state index is 12.5. The Bertz CT molecular complexity index is 980. The molecule has 1 unspecified atom stereocenters. The Morgan fingerprint density at radius 2 is 1.89 bits per heavy atom. The zero-order valence-corrected chi connectivity index (χ0v) is 17.0. The Morgan fingerprint density at radius 1 is 1.14 bits per heavy atom. The van der Waals surface area contributed by atoms with Gasteiger partial charge in [-0.05, 0) is 57.0 Å². The Morgan fingerprint density at radius 3 is 2.64 bits per heavy atom. The van der Waals surface area contributed by atoms with Gasteiger partial charge in [-0.2, -0.15) is 0 Å². The fourth-order valence-corrected chi connectivity index (χ4v) is 3.00. The molecule has 6 nitrogen and oxygen atoms in total. The van der Waals surface area contributed by atoms with Gasteiger partial charge in [0.25, 0.3) is 11.8 Å². The number of aryl methyl sites for hydroxylation is 2. The van der Waals surface area contributed by atoms with Crippen molar-refractivity contribution in [2.75, 3.05) is 18.9 Å². The van der Waals surface area contributed by atoms with Crippen LogP contribution in [-0.2, 0) is 4.79 Å². The van der Waals surface area contributed by atoms with E-state index < -0.39 is 0 Å². The number of nitrogens with zero attached hydrogens (tertiary/aromatic N) is 2. The highest BCUT2D eigenvalue weighted by Crippen LogP contribution is 2.21. The van der Waals surface area contributed by atoms with Crippen LogP contribution in [0.25, 0.3) is 11.5 Å². The fraction of sp³-hybridized carbons (Fsp3) is 0.318. The molecule has 1 amide bonds. The highest BCUT2D eigenvalue weighted by atomic mass is 16.4. The topological polar surface area (TPSA) is 72.5 Å². The first kappa shape index (κ1) is 19.8. The molecule has 0 aliphatic rings. The molecule has 6 heteroatoms. The summed E-state index contributed by atoms with van der Waals surface area (Å²) in [7, 11) is 1.95. The van der Waals surface area contributed by atoms with Crippen molar-refractivity contribution in [3.63, 3.8) is 0 Å². The minimum atomic E-state index is -0.101. The van der Waals surface area contributed by atoms with Crippen LogP contribution >= 0.6 is 0 Å². The van der Waals surface area contributed by atoms with Crippen LogP contribution in [0.4, 0.5) is 5.69 Å². The van der Waals surface area contributed by atoms with Crippen molar-refractivity contribution in [1.29, 1.82) is 0 Å². The van der Waals surface area contributed by atoms with Gasteiger partial charge < -0.3 is 14.6 Å². The van der Waals surface area contributed by atoms with Crippen LogP contribution in [0, 0.1) is 20.8 Å². The van der Waals surface area contributed by atoms with Crippen molar-refractivity contribution in [3.8, 4) is 11.5 Å². The number of anilines is 1. The van der Waals surface area contributed by atoms with Gasteiger partial charge in [-0.3, -0.25) is 4.79 Å². The number of amides is 1. The van der Waals surface area contributed by atoms with Gasteiger partial charge in [0.05, 0.1) is 7.05 Å². The SMILES string of the molecule is Cc1cccc(-c2nnc([C@@H](C)[NH+](C)CC(=O)Nc3cccc(C)c3C)o2)c1. The first-order valence-electron chi connectivity index (χ1n) is 9.44. The summed E-state index contributed by atoms with van der Waals surface area (Å²) >= 11 is 0. The fourth-order valence-electron chi connectivity index (χ4n) is 3.00. The molecule has 3 rings (SSSR count). The summed E-state index contributed by atoms with van der Waals surface area (Å²) in [5.74, 6) is 0.975. The third-order valence-corrected chi connectivity index (χ3v) is 5.13. The number of likely N-dealkylation sites (N-methyl/N-ethyl adjacent to an activating group) is 1. The number of benzene rings is 2. The molecule has 0 bridgehead atoms. The smallest absolute Gasteiger partial charge is 0.279 e. The van der Waals surface area contributed by atoms with E-state index in [-0.39, 0.29) is 11.9 Å². The molecule has 0 aliphatic carbocycles. The molecule has 2 N–H and O–H groups in total. The lowest BCUT2D eigenvalue weighted by Crippen LogP contribution is -3.10. The van der Waals surface area contributed by atoms with E-state index in [9.17, 15) is 4.79 Å². The summed E-state index contributed by atoms with van der Waals surface area (Å²) in [6.07, 6.45) is 0. The van der Waals surface area contributed by atoms with Crippen molar-refractivity contribution < 1.29 is 14.1 Å². The molecule has 0 fully saturated rings. The summed E-state index contributed by atoms with van der Waals surface area (Å²) < 4.78 is 5.87. The van der Waals surface area contributed by atoms with E-state index in [1.54, 1.807) is 0 Å². The van der Waals surface area contributed by atoms with Crippen LogP contribution in [0.2, 0.25) is 0 Å². The number of carbonyl (C=O) groups is 1. The maximum Gasteiger partial charge on any atom is 0.279 e. The lowest BCUT2D eigenvalue weighted by atomic mass is 10.1. The molecule has 2 aromatic carbocycles. The normalized spacial score (nSPS) is 13.2. The Balaban J connectivity index is 1.65. The second-order valence-corrected chi connectivity index (χ2v) is 7.36. The van der Waals surface area contributed by atoms with Crippen LogP contribution in [-0.4, -0.2) is 29.7 Å². The van der Waals surface area contributed by atoms with Gasteiger partial charge in [0.1, 0.15) is 0 Å². The minimum absolute atomic E-state index is 0.0449. The minimum Gasteiger partial charge on any atom is -0.415 e. The van der Waals surface area contributed by atoms with Crippen molar-refractivity contribution in [1.82, 2.24) is 10.2 Å². The van der Waals surface area contributed by atoms with Crippen LogP contribution in [0.3, 0.4) is 0 Å². The zero-order chi connectivity index (χ0) is 20.3. The lowest BCUT2D eigenvalue weighted by Gasteiger charge is -2.19. The molecule has 0 spiro atoms. The van der Waals surface area contributed by atoms with Crippen LogP contribution in [0.5, 0.6) is 0 Å². The van der Waals surface area contributed by atoms with Gasteiger partial charge in [0.2, 0.25) is 5.89 Å². The third kappa shape index (κ3) is 4.46. The molecule has 2 atom stereocenters. The predicted octanol–water partition coefficient (Wildman–Crippen LogP) is 2.88.